The van der Waals surface area contributed by atoms with Gasteiger partial charge in [0.1, 0.15) is 0 Å². The first-order valence-corrected chi connectivity index (χ1v) is 9.21. The summed E-state index contributed by atoms with van der Waals surface area (Å²) in [5.74, 6) is 0.912. The third-order valence-electron chi connectivity index (χ3n) is 3.41. The molecule has 0 N–H and O–H groups in total. The molecule has 0 radical (unpaired) electrons. The molecule has 1 nitrogen and oxygen atoms in total. The highest BCUT2D eigenvalue weighted by atomic mass is 35.5. The van der Waals surface area contributed by atoms with Crippen molar-refractivity contribution >= 4 is 46.9 Å². The molecule has 4 heteroatoms. The second-order valence-corrected chi connectivity index (χ2v) is 7.03. The first-order chi connectivity index (χ1) is 11.7. The topological polar surface area (TPSA) is 12.4 Å². The van der Waals surface area contributed by atoms with Crippen LogP contribution in [-0.2, 0) is 5.75 Å². The summed E-state index contributed by atoms with van der Waals surface area (Å²) in [5, 5.41) is 1.22. The van der Waals surface area contributed by atoms with Crippen LogP contribution in [0.1, 0.15) is 11.1 Å². The van der Waals surface area contributed by atoms with Crippen molar-refractivity contribution < 1.29 is 0 Å². The molecule has 0 saturated carbocycles. The highest BCUT2D eigenvalue weighted by molar-refractivity contribution is 7.98. The molecular weight excluding hydrogens is 357 g/mol. The Morgan fingerprint density at radius 1 is 0.875 bits per heavy atom. The Hall–Kier alpha value is -1.74. The van der Waals surface area contributed by atoms with E-state index in [1.54, 1.807) is 24.0 Å². The number of halogens is 2. The van der Waals surface area contributed by atoms with Gasteiger partial charge in [-0.05, 0) is 29.8 Å². The van der Waals surface area contributed by atoms with Crippen LogP contribution in [-0.4, -0.2) is 6.21 Å². The van der Waals surface area contributed by atoms with Crippen LogP contribution >= 0.6 is 35.0 Å². The maximum absolute atomic E-state index is 6.20. The Morgan fingerprint density at radius 3 is 2.42 bits per heavy atom. The molecule has 24 heavy (non-hydrogen) atoms. The van der Waals surface area contributed by atoms with Gasteiger partial charge in [-0.3, -0.25) is 4.99 Å². The van der Waals surface area contributed by atoms with E-state index < -0.39 is 0 Å². The monoisotopic (exact) mass is 371 g/mol. The van der Waals surface area contributed by atoms with Gasteiger partial charge in [0.25, 0.3) is 0 Å². The van der Waals surface area contributed by atoms with E-state index in [2.05, 4.69) is 35.3 Å². The molecule has 0 saturated heterocycles. The lowest BCUT2D eigenvalue weighted by atomic mass is 10.2. The fourth-order valence-corrected chi connectivity index (χ4v) is 3.58. The second-order valence-electron chi connectivity index (χ2n) is 5.17. The number of rotatable bonds is 5. The number of nitrogens with zero attached hydrogens (tertiary/aromatic N) is 1. The largest absolute Gasteiger partial charge is 0.255 e. The van der Waals surface area contributed by atoms with E-state index in [9.17, 15) is 0 Å². The normalized spacial score (nSPS) is 11.1. The van der Waals surface area contributed by atoms with Crippen molar-refractivity contribution in [1.82, 2.24) is 0 Å². The SMILES string of the molecule is Clc1ccc(C=Nc2ccccc2SCc2ccccc2)c(Cl)c1. The van der Waals surface area contributed by atoms with Crippen LogP contribution in [0.15, 0.2) is 82.7 Å². The number of hydrogen-bond acceptors (Lipinski definition) is 2. The van der Waals surface area contributed by atoms with E-state index in [0.717, 1.165) is 21.9 Å². The van der Waals surface area contributed by atoms with Gasteiger partial charge in [0.05, 0.1) is 10.7 Å². The van der Waals surface area contributed by atoms with Gasteiger partial charge in [0.2, 0.25) is 0 Å². The van der Waals surface area contributed by atoms with Gasteiger partial charge in [-0.2, -0.15) is 0 Å². The van der Waals surface area contributed by atoms with Crippen LogP contribution in [0.5, 0.6) is 0 Å². The summed E-state index contributed by atoms with van der Waals surface area (Å²) in [5.41, 5.74) is 3.08. The van der Waals surface area contributed by atoms with Crippen LogP contribution < -0.4 is 0 Å². The van der Waals surface area contributed by atoms with Crippen LogP contribution in [0.4, 0.5) is 5.69 Å². The van der Waals surface area contributed by atoms with Gasteiger partial charge in [0, 0.05) is 27.4 Å². The van der Waals surface area contributed by atoms with E-state index in [4.69, 9.17) is 23.2 Å². The highest BCUT2D eigenvalue weighted by Crippen LogP contribution is 2.32. The molecule has 0 aliphatic rings. The Kier molecular flexibility index (Phi) is 5.97. The Bertz CT molecular complexity index is 847. The van der Waals surface area contributed by atoms with Gasteiger partial charge in [-0.1, -0.05) is 71.7 Å². The number of para-hydroxylation sites is 1. The molecular formula is C20H15Cl2NS. The van der Waals surface area contributed by atoms with Gasteiger partial charge in [-0.25, -0.2) is 0 Å². The zero-order chi connectivity index (χ0) is 16.8. The molecule has 0 amide bonds. The molecule has 0 atom stereocenters. The summed E-state index contributed by atoms with van der Waals surface area (Å²) in [6, 6.07) is 23.9. The van der Waals surface area contributed by atoms with Crippen molar-refractivity contribution in [1.29, 1.82) is 0 Å². The standard InChI is InChI=1S/C20H15Cl2NS/c21-17-11-10-16(18(22)12-17)13-23-19-8-4-5-9-20(19)24-14-15-6-2-1-3-7-15/h1-13H,14H2. The molecule has 3 aromatic carbocycles. The van der Waals surface area contributed by atoms with E-state index >= 15 is 0 Å². The van der Waals surface area contributed by atoms with Crippen molar-refractivity contribution in [2.75, 3.05) is 0 Å². The maximum atomic E-state index is 6.20. The highest BCUT2D eigenvalue weighted by Gasteiger charge is 2.03. The molecule has 120 valence electrons. The Morgan fingerprint density at radius 2 is 1.62 bits per heavy atom. The van der Waals surface area contributed by atoms with Crippen molar-refractivity contribution in [3.05, 3.63) is 94.0 Å². The number of hydrogen-bond donors (Lipinski definition) is 0. The summed E-state index contributed by atoms with van der Waals surface area (Å²) >= 11 is 13.9. The third kappa shape index (κ3) is 4.64. The lowest BCUT2D eigenvalue weighted by Crippen LogP contribution is -1.84. The van der Waals surface area contributed by atoms with Crippen LogP contribution in [0.3, 0.4) is 0 Å². The number of thioether (sulfide) groups is 1. The number of benzene rings is 3. The summed E-state index contributed by atoms with van der Waals surface area (Å²) in [6.45, 7) is 0. The molecule has 0 heterocycles. The molecule has 0 spiro atoms. The summed E-state index contributed by atoms with van der Waals surface area (Å²) in [4.78, 5) is 5.75. The minimum atomic E-state index is 0.598. The third-order valence-corrected chi connectivity index (χ3v) is 5.10. The lowest BCUT2D eigenvalue weighted by Gasteiger charge is -2.06. The van der Waals surface area contributed by atoms with Crippen LogP contribution in [0.2, 0.25) is 10.0 Å². The average Bonchev–Trinajstić information content (AvgIpc) is 2.61. The number of aliphatic imine (C=N–C) groups is 1. The zero-order valence-electron chi connectivity index (χ0n) is 12.8. The molecule has 0 aliphatic heterocycles. The fraction of sp³-hybridized carbons (Fsp3) is 0.0500. The van der Waals surface area contributed by atoms with Crippen molar-refractivity contribution in [2.45, 2.75) is 10.6 Å². The molecule has 0 bridgehead atoms. The van der Waals surface area contributed by atoms with Crippen molar-refractivity contribution in [2.24, 2.45) is 4.99 Å². The molecule has 0 unspecified atom stereocenters. The van der Waals surface area contributed by atoms with Crippen molar-refractivity contribution in [3.63, 3.8) is 0 Å². The maximum Gasteiger partial charge on any atom is 0.0765 e. The van der Waals surface area contributed by atoms with Crippen LogP contribution in [0.25, 0.3) is 0 Å². The lowest BCUT2D eigenvalue weighted by molar-refractivity contribution is 1.35. The summed E-state index contributed by atoms with van der Waals surface area (Å²) in [7, 11) is 0. The minimum Gasteiger partial charge on any atom is -0.255 e. The van der Waals surface area contributed by atoms with Crippen LogP contribution in [0, 0.1) is 0 Å². The van der Waals surface area contributed by atoms with E-state index in [-0.39, 0.29) is 0 Å². The molecule has 0 aromatic heterocycles. The first kappa shape index (κ1) is 17.1. The Balaban J connectivity index is 1.77. The smallest absolute Gasteiger partial charge is 0.0765 e. The molecule has 0 fully saturated rings. The predicted octanol–water partition coefficient (Wildman–Crippen LogP) is 7.04. The first-order valence-electron chi connectivity index (χ1n) is 7.47. The van der Waals surface area contributed by atoms with Gasteiger partial charge in [0.15, 0.2) is 0 Å². The molecule has 3 rings (SSSR count). The second kappa shape index (κ2) is 8.39. The zero-order valence-corrected chi connectivity index (χ0v) is 15.2. The summed E-state index contributed by atoms with van der Waals surface area (Å²) < 4.78 is 0. The Labute approximate surface area is 156 Å². The van der Waals surface area contributed by atoms with Gasteiger partial charge < -0.3 is 0 Å². The quantitative estimate of drug-likeness (QED) is 0.346. The average molecular weight is 372 g/mol. The van der Waals surface area contributed by atoms with E-state index in [0.29, 0.717) is 10.0 Å². The van der Waals surface area contributed by atoms with E-state index in [1.807, 2.05) is 36.4 Å². The van der Waals surface area contributed by atoms with E-state index in [1.165, 1.54) is 5.56 Å². The summed E-state index contributed by atoms with van der Waals surface area (Å²) in [6.07, 6.45) is 1.78. The molecule has 3 aromatic rings. The molecule has 0 aliphatic carbocycles. The minimum absolute atomic E-state index is 0.598. The van der Waals surface area contributed by atoms with Crippen molar-refractivity contribution in [3.8, 4) is 0 Å². The van der Waals surface area contributed by atoms with Gasteiger partial charge >= 0.3 is 0 Å². The van der Waals surface area contributed by atoms with Gasteiger partial charge in [-0.15, -0.1) is 11.8 Å². The fourth-order valence-electron chi connectivity index (χ4n) is 2.17. The predicted molar refractivity (Wildman–Crippen MR) is 106 cm³/mol.